The number of nitro groups is 2. The average molecular weight is 348 g/mol. The molecule has 0 radical (unpaired) electrons. The minimum atomic E-state index is -0.802. The van der Waals surface area contributed by atoms with Gasteiger partial charge >= 0.3 is 0 Å². The van der Waals surface area contributed by atoms with Crippen molar-refractivity contribution in [3.8, 4) is 0 Å². The van der Waals surface area contributed by atoms with E-state index in [9.17, 15) is 25.0 Å². The van der Waals surface area contributed by atoms with Gasteiger partial charge in [-0.05, 0) is 29.8 Å². The van der Waals surface area contributed by atoms with Crippen molar-refractivity contribution in [3.05, 3.63) is 79.4 Å². The van der Waals surface area contributed by atoms with E-state index < -0.39 is 27.1 Å². The zero-order valence-electron chi connectivity index (χ0n) is 12.0. The van der Waals surface area contributed by atoms with Crippen LogP contribution in [-0.2, 0) is 4.79 Å². The molecule has 0 aromatic heterocycles. The lowest BCUT2D eigenvalue weighted by molar-refractivity contribution is -0.393. The Morgan fingerprint density at radius 2 is 1.83 bits per heavy atom. The number of halogens is 1. The summed E-state index contributed by atoms with van der Waals surface area (Å²) >= 11 is 5.82. The van der Waals surface area contributed by atoms with Crippen molar-refractivity contribution >= 4 is 40.6 Å². The molecule has 9 heteroatoms. The third kappa shape index (κ3) is 4.37. The standard InChI is InChI=1S/C15H10ClN3O5/c16-11-3-1-2-10(8-11)4-7-15(20)17-13-6-5-12(18(21)22)9-14(13)19(23)24/h1-9H,(H,17,20)/b7-4+. The van der Waals surface area contributed by atoms with E-state index in [1.165, 1.54) is 12.2 Å². The topological polar surface area (TPSA) is 115 Å². The molecule has 0 aliphatic rings. The first-order chi connectivity index (χ1) is 11.4. The number of carbonyl (C=O) groups excluding carboxylic acids is 1. The van der Waals surface area contributed by atoms with Crippen molar-refractivity contribution in [2.45, 2.75) is 0 Å². The van der Waals surface area contributed by atoms with Crippen LogP contribution in [0.1, 0.15) is 5.56 Å². The van der Waals surface area contributed by atoms with Crippen LogP contribution >= 0.6 is 11.6 Å². The number of hydrogen-bond acceptors (Lipinski definition) is 5. The number of nitro benzene ring substituents is 2. The van der Waals surface area contributed by atoms with Gasteiger partial charge in [-0.2, -0.15) is 0 Å². The number of benzene rings is 2. The van der Waals surface area contributed by atoms with E-state index in [-0.39, 0.29) is 5.69 Å². The summed E-state index contributed by atoms with van der Waals surface area (Å²) in [7, 11) is 0. The normalized spacial score (nSPS) is 10.5. The second-order valence-corrected chi connectivity index (χ2v) is 5.03. The van der Waals surface area contributed by atoms with Gasteiger partial charge in [0.2, 0.25) is 5.91 Å². The first-order valence-electron chi connectivity index (χ1n) is 6.54. The third-order valence-corrected chi connectivity index (χ3v) is 3.16. The Bertz CT molecular complexity index is 851. The van der Waals surface area contributed by atoms with E-state index in [1.54, 1.807) is 24.3 Å². The van der Waals surface area contributed by atoms with Gasteiger partial charge in [0.1, 0.15) is 5.69 Å². The van der Waals surface area contributed by atoms with Crippen molar-refractivity contribution < 1.29 is 14.6 Å². The van der Waals surface area contributed by atoms with Crippen LogP contribution < -0.4 is 5.32 Å². The molecule has 122 valence electrons. The van der Waals surface area contributed by atoms with Crippen LogP contribution in [0.25, 0.3) is 6.08 Å². The second-order valence-electron chi connectivity index (χ2n) is 4.59. The molecule has 8 nitrogen and oxygen atoms in total. The molecule has 0 saturated carbocycles. The lowest BCUT2D eigenvalue weighted by atomic mass is 10.2. The van der Waals surface area contributed by atoms with Gasteiger partial charge in [-0.1, -0.05) is 23.7 Å². The molecular weight excluding hydrogens is 338 g/mol. The highest BCUT2D eigenvalue weighted by atomic mass is 35.5. The molecule has 0 aliphatic carbocycles. The lowest BCUT2D eigenvalue weighted by Crippen LogP contribution is -2.09. The number of nitrogens with one attached hydrogen (secondary N) is 1. The van der Waals surface area contributed by atoms with Gasteiger partial charge in [-0.3, -0.25) is 25.0 Å². The number of rotatable bonds is 5. The summed E-state index contributed by atoms with van der Waals surface area (Å²) in [6.45, 7) is 0. The lowest BCUT2D eigenvalue weighted by Gasteiger charge is -2.03. The zero-order chi connectivity index (χ0) is 17.7. The minimum Gasteiger partial charge on any atom is -0.317 e. The maximum Gasteiger partial charge on any atom is 0.299 e. The minimum absolute atomic E-state index is 0.133. The molecule has 0 atom stereocenters. The molecule has 0 saturated heterocycles. The maximum absolute atomic E-state index is 11.9. The fourth-order valence-electron chi connectivity index (χ4n) is 1.85. The van der Waals surface area contributed by atoms with Gasteiger partial charge in [0.05, 0.1) is 15.9 Å². The summed E-state index contributed by atoms with van der Waals surface area (Å²) in [5.74, 6) is -0.619. The maximum atomic E-state index is 11.9. The van der Waals surface area contributed by atoms with E-state index in [0.717, 1.165) is 18.2 Å². The summed E-state index contributed by atoms with van der Waals surface area (Å²) in [5.41, 5.74) is -0.454. The van der Waals surface area contributed by atoms with Gasteiger partial charge in [-0.15, -0.1) is 0 Å². The Morgan fingerprint density at radius 3 is 2.46 bits per heavy atom. The van der Waals surface area contributed by atoms with Crippen LogP contribution in [0, 0.1) is 20.2 Å². The first-order valence-corrected chi connectivity index (χ1v) is 6.92. The summed E-state index contributed by atoms with van der Waals surface area (Å²) in [6, 6.07) is 9.73. The Hall–Kier alpha value is -3.26. The fraction of sp³-hybridized carbons (Fsp3) is 0. The predicted molar refractivity (Wildman–Crippen MR) is 88.9 cm³/mol. The van der Waals surface area contributed by atoms with Crippen molar-refractivity contribution in [2.24, 2.45) is 0 Å². The van der Waals surface area contributed by atoms with Gasteiger partial charge in [0.15, 0.2) is 0 Å². The van der Waals surface area contributed by atoms with Crippen LogP contribution in [0.4, 0.5) is 17.1 Å². The van der Waals surface area contributed by atoms with Crippen molar-refractivity contribution in [1.82, 2.24) is 0 Å². The van der Waals surface area contributed by atoms with Crippen LogP contribution in [0.2, 0.25) is 5.02 Å². The number of hydrogen-bond donors (Lipinski definition) is 1. The summed E-state index contributed by atoms with van der Waals surface area (Å²) in [4.78, 5) is 32.0. The van der Waals surface area contributed by atoms with E-state index in [1.807, 2.05) is 0 Å². The van der Waals surface area contributed by atoms with Gasteiger partial charge in [0.25, 0.3) is 11.4 Å². The fourth-order valence-corrected chi connectivity index (χ4v) is 2.05. The average Bonchev–Trinajstić information content (AvgIpc) is 2.53. The number of carbonyl (C=O) groups is 1. The monoisotopic (exact) mass is 347 g/mol. The molecule has 24 heavy (non-hydrogen) atoms. The predicted octanol–water partition coefficient (Wildman–Crippen LogP) is 3.81. The largest absolute Gasteiger partial charge is 0.317 e. The molecule has 0 heterocycles. The molecule has 2 rings (SSSR count). The Balaban J connectivity index is 2.19. The Labute approximate surface area is 140 Å². The molecule has 0 fully saturated rings. The Morgan fingerprint density at radius 1 is 1.08 bits per heavy atom. The molecule has 0 aliphatic heterocycles. The summed E-state index contributed by atoms with van der Waals surface area (Å²) < 4.78 is 0. The van der Waals surface area contributed by atoms with Crippen LogP contribution in [0.15, 0.2) is 48.5 Å². The number of amides is 1. The highest BCUT2D eigenvalue weighted by molar-refractivity contribution is 6.30. The van der Waals surface area contributed by atoms with Crippen molar-refractivity contribution in [2.75, 3.05) is 5.32 Å². The van der Waals surface area contributed by atoms with Crippen LogP contribution in [0.3, 0.4) is 0 Å². The summed E-state index contributed by atoms with van der Waals surface area (Å²) in [5, 5.41) is 24.5. The van der Waals surface area contributed by atoms with E-state index >= 15 is 0 Å². The molecule has 0 spiro atoms. The highest BCUT2D eigenvalue weighted by Gasteiger charge is 2.20. The van der Waals surface area contributed by atoms with E-state index in [0.29, 0.717) is 10.6 Å². The van der Waals surface area contributed by atoms with Gasteiger partial charge in [0, 0.05) is 17.2 Å². The molecule has 2 aromatic carbocycles. The first kappa shape index (κ1) is 17.1. The van der Waals surface area contributed by atoms with Crippen LogP contribution in [0.5, 0.6) is 0 Å². The highest BCUT2D eigenvalue weighted by Crippen LogP contribution is 2.28. The zero-order valence-corrected chi connectivity index (χ0v) is 12.8. The van der Waals surface area contributed by atoms with E-state index in [4.69, 9.17) is 11.6 Å². The molecule has 2 aromatic rings. The number of nitrogens with zero attached hydrogens (tertiary/aromatic N) is 2. The molecule has 0 unspecified atom stereocenters. The quantitative estimate of drug-likeness (QED) is 0.501. The van der Waals surface area contributed by atoms with E-state index in [2.05, 4.69) is 5.32 Å². The Kier molecular flexibility index (Phi) is 5.23. The number of non-ortho nitro benzene ring substituents is 1. The summed E-state index contributed by atoms with van der Waals surface area (Å²) in [6.07, 6.45) is 2.66. The number of anilines is 1. The van der Waals surface area contributed by atoms with Crippen molar-refractivity contribution in [1.29, 1.82) is 0 Å². The van der Waals surface area contributed by atoms with Crippen molar-refractivity contribution in [3.63, 3.8) is 0 Å². The molecule has 1 amide bonds. The SMILES string of the molecule is O=C(/C=C/c1cccc(Cl)c1)Nc1ccc([N+](=O)[O-])cc1[N+](=O)[O-]. The van der Waals surface area contributed by atoms with Gasteiger partial charge in [-0.25, -0.2) is 0 Å². The second kappa shape index (κ2) is 7.34. The van der Waals surface area contributed by atoms with Gasteiger partial charge < -0.3 is 5.32 Å². The molecule has 1 N–H and O–H groups in total. The smallest absolute Gasteiger partial charge is 0.299 e. The third-order valence-electron chi connectivity index (χ3n) is 2.92. The van der Waals surface area contributed by atoms with Crippen LogP contribution in [-0.4, -0.2) is 15.8 Å². The molecular formula is C15H10ClN3O5. The molecule has 0 bridgehead atoms.